The highest BCUT2D eigenvalue weighted by molar-refractivity contribution is 6.27. The standard InChI is InChI=1S/C12H15ClN2O2/c1-12(2,9-6-4-3-5-7-9)11(17)15-14-10(16)8-13/h3-7H,8H2,1-2H3,(H,14,16)(H,15,17). The highest BCUT2D eigenvalue weighted by atomic mass is 35.5. The second-order valence-corrected chi connectivity index (χ2v) is 4.39. The van der Waals surface area contributed by atoms with Crippen molar-refractivity contribution in [2.75, 3.05) is 5.88 Å². The summed E-state index contributed by atoms with van der Waals surface area (Å²) in [7, 11) is 0. The molecular weight excluding hydrogens is 240 g/mol. The summed E-state index contributed by atoms with van der Waals surface area (Å²) >= 11 is 5.30. The first kappa shape index (κ1) is 13.5. The number of benzene rings is 1. The average Bonchev–Trinajstić information content (AvgIpc) is 2.36. The summed E-state index contributed by atoms with van der Waals surface area (Å²) in [4.78, 5) is 22.8. The number of halogens is 1. The molecule has 1 aromatic carbocycles. The molecule has 0 spiro atoms. The van der Waals surface area contributed by atoms with Crippen LogP contribution in [0, 0.1) is 0 Å². The number of hydrogen-bond acceptors (Lipinski definition) is 2. The van der Waals surface area contributed by atoms with Crippen LogP contribution in [0.4, 0.5) is 0 Å². The Kier molecular flexibility index (Phi) is 4.52. The van der Waals surface area contributed by atoms with E-state index in [-0.39, 0.29) is 11.8 Å². The van der Waals surface area contributed by atoms with Crippen LogP contribution < -0.4 is 10.9 Å². The second-order valence-electron chi connectivity index (χ2n) is 4.13. The Morgan fingerprint density at radius 3 is 2.29 bits per heavy atom. The summed E-state index contributed by atoms with van der Waals surface area (Å²) in [5, 5.41) is 0. The van der Waals surface area contributed by atoms with Gasteiger partial charge in [0, 0.05) is 0 Å². The molecule has 4 nitrogen and oxygen atoms in total. The summed E-state index contributed by atoms with van der Waals surface area (Å²) in [6.45, 7) is 3.56. The van der Waals surface area contributed by atoms with Gasteiger partial charge >= 0.3 is 0 Å². The van der Waals surface area contributed by atoms with Crippen LogP contribution in [0.25, 0.3) is 0 Å². The number of carbonyl (C=O) groups excluding carboxylic acids is 2. The highest BCUT2D eigenvalue weighted by Crippen LogP contribution is 2.22. The molecule has 92 valence electrons. The van der Waals surface area contributed by atoms with Gasteiger partial charge in [-0.05, 0) is 19.4 Å². The fourth-order valence-electron chi connectivity index (χ4n) is 1.30. The minimum absolute atomic E-state index is 0.188. The van der Waals surface area contributed by atoms with Crippen molar-refractivity contribution < 1.29 is 9.59 Å². The van der Waals surface area contributed by atoms with Crippen LogP contribution in [-0.2, 0) is 15.0 Å². The Labute approximate surface area is 105 Å². The van der Waals surface area contributed by atoms with E-state index in [0.717, 1.165) is 5.56 Å². The van der Waals surface area contributed by atoms with Crippen LogP contribution in [0.3, 0.4) is 0 Å². The van der Waals surface area contributed by atoms with Crippen molar-refractivity contribution in [3.05, 3.63) is 35.9 Å². The number of nitrogens with one attached hydrogen (secondary N) is 2. The molecule has 1 aromatic rings. The predicted octanol–water partition coefficient (Wildman–Crippen LogP) is 1.35. The molecule has 0 saturated carbocycles. The lowest BCUT2D eigenvalue weighted by Crippen LogP contribution is -2.49. The Morgan fingerprint density at radius 2 is 1.76 bits per heavy atom. The third-order valence-electron chi connectivity index (χ3n) is 2.50. The van der Waals surface area contributed by atoms with E-state index >= 15 is 0 Å². The zero-order valence-electron chi connectivity index (χ0n) is 9.79. The van der Waals surface area contributed by atoms with Crippen LogP contribution in [0.1, 0.15) is 19.4 Å². The molecule has 0 aliphatic rings. The molecule has 0 unspecified atom stereocenters. The molecule has 17 heavy (non-hydrogen) atoms. The van der Waals surface area contributed by atoms with E-state index < -0.39 is 11.3 Å². The third-order valence-corrected chi connectivity index (χ3v) is 2.74. The minimum atomic E-state index is -0.721. The summed E-state index contributed by atoms with van der Waals surface area (Å²) < 4.78 is 0. The third kappa shape index (κ3) is 3.46. The van der Waals surface area contributed by atoms with Gasteiger partial charge in [-0.15, -0.1) is 11.6 Å². The van der Waals surface area contributed by atoms with Crippen molar-refractivity contribution >= 4 is 23.4 Å². The topological polar surface area (TPSA) is 58.2 Å². The Hall–Kier alpha value is -1.55. The Morgan fingerprint density at radius 1 is 1.18 bits per heavy atom. The number of alkyl halides is 1. The van der Waals surface area contributed by atoms with Gasteiger partial charge in [0.1, 0.15) is 5.88 Å². The van der Waals surface area contributed by atoms with E-state index in [2.05, 4.69) is 10.9 Å². The fraction of sp³-hybridized carbons (Fsp3) is 0.333. The number of carbonyl (C=O) groups is 2. The van der Waals surface area contributed by atoms with E-state index in [1.165, 1.54) is 0 Å². The van der Waals surface area contributed by atoms with Crippen LogP contribution in [0.15, 0.2) is 30.3 Å². The first-order valence-electron chi connectivity index (χ1n) is 5.19. The summed E-state index contributed by atoms with van der Waals surface area (Å²) in [6, 6.07) is 9.34. The predicted molar refractivity (Wildman–Crippen MR) is 66.5 cm³/mol. The normalized spacial score (nSPS) is 10.8. The van der Waals surface area contributed by atoms with E-state index in [4.69, 9.17) is 11.6 Å². The molecule has 1 rings (SSSR count). The molecule has 0 bridgehead atoms. The van der Waals surface area contributed by atoms with Gasteiger partial charge in [0.15, 0.2) is 0 Å². The van der Waals surface area contributed by atoms with Crippen LogP contribution in [0.2, 0.25) is 0 Å². The maximum atomic E-state index is 11.9. The van der Waals surface area contributed by atoms with Crippen molar-refractivity contribution in [1.29, 1.82) is 0 Å². The van der Waals surface area contributed by atoms with Gasteiger partial charge in [0.2, 0.25) is 5.91 Å². The first-order chi connectivity index (χ1) is 7.98. The Bertz CT molecular complexity index is 404. The van der Waals surface area contributed by atoms with E-state index in [1.54, 1.807) is 13.8 Å². The Balaban J connectivity index is 2.71. The van der Waals surface area contributed by atoms with Gasteiger partial charge in [-0.2, -0.15) is 0 Å². The van der Waals surface area contributed by atoms with Gasteiger partial charge in [-0.1, -0.05) is 30.3 Å². The fourth-order valence-corrected chi connectivity index (χ4v) is 1.37. The van der Waals surface area contributed by atoms with Gasteiger partial charge in [-0.3, -0.25) is 20.4 Å². The molecule has 0 aliphatic heterocycles. The SMILES string of the molecule is CC(C)(C(=O)NNC(=O)CCl)c1ccccc1. The summed E-state index contributed by atoms with van der Waals surface area (Å²) in [5.41, 5.74) is 4.74. The zero-order valence-corrected chi connectivity index (χ0v) is 10.5. The quantitative estimate of drug-likeness (QED) is 0.632. The van der Waals surface area contributed by atoms with Crippen molar-refractivity contribution in [1.82, 2.24) is 10.9 Å². The summed E-state index contributed by atoms with van der Waals surface area (Å²) in [5.74, 6) is -0.919. The molecule has 0 heterocycles. The molecule has 0 fully saturated rings. The molecule has 0 atom stereocenters. The highest BCUT2D eigenvalue weighted by Gasteiger charge is 2.29. The number of rotatable bonds is 3. The van der Waals surface area contributed by atoms with Gasteiger partial charge < -0.3 is 0 Å². The minimum Gasteiger partial charge on any atom is -0.272 e. The average molecular weight is 255 g/mol. The van der Waals surface area contributed by atoms with Crippen LogP contribution >= 0.6 is 11.6 Å². The van der Waals surface area contributed by atoms with Crippen molar-refractivity contribution in [3.63, 3.8) is 0 Å². The van der Waals surface area contributed by atoms with E-state index in [1.807, 2.05) is 30.3 Å². The van der Waals surface area contributed by atoms with Gasteiger partial charge in [-0.25, -0.2) is 0 Å². The smallest absolute Gasteiger partial charge is 0.253 e. The molecule has 0 radical (unpaired) electrons. The lowest BCUT2D eigenvalue weighted by molar-refractivity contribution is -0.130. The molecular formula is C12H15ClN2O2. The van der Waals surface area contributed by atoms with Crippen LogP contribution in [-0.4, -0.2) is 17.7 Å². The van der Waals surface area contributed by atoms with E-state index in [9.17, 15) is 9.59 Å². The van der Waals surface area contributed by atoms with Crippen molar-refractivity contribution in [3.8, 4) is 0 Å². The van der Waals surface area contributed by atoms with Gasteiger partial charge in [0.25, 0.3) is 5.91 Å². The zero-order chi connectivity index (χ0) is 12.9. The lowest BCUT2D eigenvalue weighted by Gasteiger charge is -2.24. The van der Waals surface area contributed by atoms with Crippen molar-refractivity contribution in [2.24, 2.45) is 0 Å². The maximum absolute atomic E-state index is 11.9. The van der Waals surface area contributed by atoms with Crippen molar-refractivity contribution in [2.45, 2.75) is 19.3 Å². The molecule has 0 aromatic heterocycles. The number of hydrazine groups is 1. The first-order valence-corrected chi connectivity index (χ1v) is 5.72. The number of amides is 2. The molecule has 5 heteroatoms. The van der Waals surface area contributed by atoms with Gasteiger partial charge in [0.05, 0.1) is 5.41 Å². The molecule has 0 saturated heterocycles. The maximum Gasteiger partial charge on any atom is 0.253 e. The lowest BCUT2D eigenvalue weighted by atomic mass is 9.84. The monoisotopic (exact) mass is 254 g/mol. The molecule has 2 N–H and O–H groups in total. The second kappa shape index (κ2) is 5.68. The molecule has 0 aliphatic carbocycles. The number of hydrogen-bond donors (Lipinski definition) is 2. The summed E-state index contributed by atoms with van der Waals surface area (Å²) in [6.07, 6.45) is 0. The van der Waals surface area contributed by atoms with E-state index in [0.29, 0.717) is 0 Å². The largest absolute Gasteiger partial charge is 0.272 e. The molecule has 2 amide bonds. The van der Waals surface area contributed by atoms with Crippen LogP contribution in [0.5, 0.6) is 0 Å².